The van der Waals surface area contributed by atoms with E-state index in [0.717, 1.165) is 24.3 Å². The molecule has 2 aromatic carbocycles. The van der Waals surface area contributed by atoms with Gasteiger partial charge in [-0.1, -0.05) is 12.1 Å². The van der Waals surface area contributed by atoms with Crippen LogP contribution in [0.15, 0.2) is 41.3 Å². The fourth-order valence-electron chi connectivity index (χ4n) is 3.14. The van der Waals surface area contributed by atoms with Crippen molar-refractivity contribution in [2.24, 2.45) is 0 Å². The summed E-state index contributed by atoms with van der Waals surface area (Å²) in [6.45, 7) is 4.36. The summed E-state index contributed by atoms with van der Waals surface area (Å²) >= 11 is 0. The predicted octanol–water partition coefficient (Wildman–Crippen LogP) is 2.85. The molecule has 0 fully saturated rings. The Bertz CT molecular complexity index is 877. The number of fused-ring (bicyclic) bond motifs is 1. The summed E-state index contributed by atoms with van der Waals surface area (Å²) in [5.74, 6) is 1.58. The molecule has 1 aliphatic rings. The molecule has 134 valence electrons. The Hall–Kier alpha value is -2.05. The molecule has 1 N–H and O–H groups in total. The second kappa shape index (κ2) is 7.06. The lowest BCUT2D eigenvalue weighted by molar-refractivity contribution is 0.357. The zero-order valence-corrected chi connectivity index (χ0v) is 15.5. The number of methoxy groups -OCH3 is 1. The number of benzene rings is 2. The van der Waals surface area contributed by atoms with Crippen LogP contribution in [-0.4, -0.2) is 28.2 Å². The first-order chi connectivity index (χ1) is 11.9. The minimum atomic E-state index is -3.58. The third kappa shape index (κ3) is 3.96. The molecule has 0 spiro atoms. The number of hydrogen-bond donors (Lipinski definition) is 1. The molecule has 2 aromatic rings. The van der Waals surface area contributed by atoms with Crippen LogP contribution in [0.3, 0.4) is 0 Å². The van der Waals surface area contributed by atoms with Crippen LogP contribution in [0.1, 0.15) is 23.6 Å². The second-order valence-corrected chi connectivity index (χ2v) is 8.08. The first kappa shape index (κ1) is 17.8. The third-order valence-corrected chi connectivity index (χ3v) is 6.07. The van der Waals surface area contributed by atoms with Gasteiger partial charge < -0.3 is 9.47 Å². The molecule has 25 heavy (non-hydrogen) atoms. The van der Waals surface area contributed by atoms with Gasteiger partial charge in [0.2, 0.25) is 10.0 Å². The smallest absolute Gasteiger partial charge is 0.241 e. The van der Waals surface area contributed by atoms with Crippen molar-refractivity contribution in [1.82, 2.24) is 4.72 Å². The van der Waals surface area contributed by atoms with E-state index >= 15 is 0 Å². The van der Waals surface area contributed by atoms with Crippen LogP contribution in [0.4, 0.5) is 0 Å². The van der Waals surface area contributed by atoms with Gasteiger partial charge in [0.1, 0.15) is 11.5 Å². The average Bonchev–Trinajstić information content (AvgIpc) is 3.01. The SMILES string of the molecule is COc1ccc(S(=O)(=O)NC(C)Cc2ccc3c(c2)CCO3)c(C)c1. The highest BCUT2D eigenvalue weighted by Gasteiger charge is 2.21. The molecule has 5 nitrogen and oxygen atoms in total. The molecule has 3 rings (SSSR count). The van der Waals surface area contributed by atoms with Gasteiger partial charge in [0, 0.05) is 12.5 Å². The summed E-state index contributed by atoms with van der Waals surface area (Å²) in [6.07, 6.45) is 1.54. The van der Waals surface area contributed by atoms with Crippen molar-refractivity contribution in [2.45, 2.75) is 37.6 Å². The van der Waals surface area contributed by atoms with Crippen LogP contribution in [0.2, 0.25) is 0 Å². The maximum Gasteiger partial charge on any atom is 0.241 e. The zero-order valence-electron chi connectivity index (χ0n) is 14.7. The maximum absolute atomic E-state index is 12.7. The summed E-state index contributed by atoms with van der Waals surface area (Å²) < 4.78 is 38.7. The molecule has 1 unspecified atom stereocenters. The summed E-state index contributed by atoms with van der Waals surface area (Å²) in [5.41, 5.74) is 2.96. The molecule has 1 heterocycles. The largest absolute Gasteiger partial charge is 0.497 e. The average molecular weight is 361 g/mol. The van der Waals surface area contributed by atoms with Crippen LogP contribution in [0.25, 0.3) is 0 Å². The monoisotopic (exact) mass is 361 g/mol. The van der Waals surface area contributed by atoms with Gasteiger partial charge in [-0.3, -0.25) is 0 Å². The molecule has 0 bridgehead atoms. The molecule has 0 saturated carbocycles. The van der Waals surface area contributed by atoms with E-state index in [-0.39, 0.29) is 10.9 Å². The number of rotatable bonds is 6. The van der Waals surface area contributed by atoms with Crippen LogP contribution in [-0.2, 0) is 22.9 Å². The van der Waals surface area contributed by atoms with E-state index in [9.17, 15) is 8.42 Å². The van der Waals surface area contributed by atoms with Gasteiger partial charge in [-0.25, -0.2) is 13.1 Å². The summed E-state index contributed by atoms with van der Waals surface area (Å²) in [6, 6.07) is 10.8. The first-order valence-electron chi connectivity index (χ1n) is 8.30. The van der Waals surface area contributed by atoms with Gasteiger partial charge in [-0.05, 0) is 61.2 Å². The quantitative estimate of drug-likeness (QED) is 0.859. The fourth-order valence-corrected chi connectivity index (χ4v) is 4.61. The normalized spacial score (nSPS) is 14.7. The van der Waals surface area contributed by atoms with Crippen LogP contribution in [0.5, 0.6) is 11.5 Å². The van der Waals surface area contributed by atoms with Crippen LogP contribution >= 0.6 is 0 Å². The molecule has 0 saturated heterocycles. The lowest BCUT2D eigenvalue weighted by Crippen LogP contribution is -2.34. The van der Waals surface area contributed by atoms with Gasteiger partial charge in [-0.2, -0.15) is 0 Å². The van der Waals surface area contributed by atoms with Crippen molar-refractivity contribution in [3.8, 4) is 11.5 Å². The topological polar surface area (TPSA) is 64.6 Å². The van der Waals surface area contributed by atoms with E-state index in [1.54, 1.807) is 32.2 Å². The Kier molecular flexibility index (Phi) is 5.01. The van der Waals surface area contributed by atoms with E-state index in [4.69, 9.17) is 9.47 Å². The minimum Gasteiger partial charge on any atom is -0.497 e. The molecule has 0 aromatic heterocycles. The highest BCUT2D eigenvalue weighted by Crippen LogP contribution is 2.26. The van der Waals surface area contributed by atoms with Crippen molar-refractivity contribution in [1.29, 1.82) is 0 Å². The van der Waals surface area contributed by atoms with E-state index in [2.05, 4.69) is 10.8 Å². The highest BCUT2D eigenvalue weighted by atomic mass is 32.2. The molecule has 0 amide bonds. The predicted molar refractivity (Wildman–Crippen MR) is 96.9 cm³/mol. The molecular formula is C19H23NO4S. The van der Waals surface area contributed by atoms with Crippen LogP contribution in [0, 0.1) is 6.92 Å². The number of sulfonamides is 1. The standard InChI is InChI=1S/C19H23NO4S/c1-13-10-17(23-3)5-7-19(13)25(21,22)20-14(2)11-15-4-6-18-16(12-15)8-9-24-18/h4-7,10,12,14,20H,8-9,11H2,1-3H3. The van der Waals surface area contributed by atoms with Crippen molar-refractivity contribution in [3.05, 3.63) is 53.1 Å². The van der Waals surface area contributed by atoms with Gasteiger partial charge in [-0.15, -0.1) is 0 Å². The molecule has 6 heteroatoms. The highest BCUT2D eigenvalue weighted by molar-refractivity contribution is 7.89. The lowest BCUT2D eigenvalue weighted by Gasteiger charge is -2.16. The Morgan fingerprint density at radius 2 is 2.04 bits per heavy atom. The zero-order chi connectivity index (χ0) is 18.0. The van der Waals surface area contributed by atoms with E-state index in [1.165, 1.54) is 5.56 Å². The molecule has 0 radical (unpaired) electrons. The molecule has 1 aliphatic heterocycles. The first-order valence-corrected chi connectivity index (χ1v) is 9.79. The lowest BCUT2D eigenvalue weighted by atomic mass is 10.0. The van der Waals surface area contributed by atoms with Gasteiger partial charge in [0.15, 0.2) is 0 Å². The van der Waals surface area contributed by atoms with E-state index < -0.39 is 10.0 Å². The molecule has 0 aliphatic carbocycles. The van der Waals surface area contributed by atoms with Crippen molar-refractivity contribution in [2.75, 3.05) is 13.7 Å². The maximum atomic E-state index is 12.7. The van der Waals surface area contributed by atoms with Crippen molar-refractivity contribution < 1.29 is 17.9 Å². The number of aryl methyl sites for hydroxylation is 1. The van der Waals surface area contributed by atoms with Crippen molar-refractivity contribution in [3.63, 3.8) is 0 Å². The minimum absolute atomic E-state index is 0.216. The summed E-state index contributed by atoms with van der Waals surface area (Å²) in [4.78, 5) is 0.280. The van der Waals surface area contributed by atoms with E-state index in [0.29, 0.717) is 17.7 Å². The summed E-state index contributed by atoms with van der Waals surface area (Å²) in [5, 5.41) is 0. The van der Waals surface area contributed by atoms with Crippen LogP contribution < -0.4 is 14.2 Å². The van der Waals surface area contributed by atoms with E-state index in [1.807, 2.05) is 19.1 Å². The third-order valence-electron chi connectivity index (χ3n) is 4.32. The fraction of sp³-hybridized carbons (Fsp3) is 0.368. The Balaban J connectivity index is 1.72. The van der Waals surface area contributed by atoms with Gasteiger partial charge in [0.05, 0.1) is 18.6 Å². The second-order valence-electron chi connectivity index (χ2n) is 6.40. The Labute approximate surface area is 149 Å². The van der Waals surface area contributed by atoms with Gasteiger partial charge in [0.25, 0.3) is 0 Å². The number of hydrogen-bond acceptors (Lipinski definition) is 4. The Morgan fingerprint density at radius 1 is 1.24 bits per heavy atom. The molecular weight excluding hydrogens is 338 g/mol. The Morgan fingerprint density at radius 3 is 2.76 bits per heavy atom. The van der Waals surface area contributed by atoms with Crippen molar-refractivity contribution >= 4 is 10.0 Å². The number of ether oxygens (including phenoxy) is 2. The number of nitrogens with one attached hydrogen (secondary N) is 1. The summed E-state index contributed by atoms with van der Waals surface area (Å²) in [7, 11) is -2.02. The van der Waals surface area contributed by atoms with Gasteiger partial charge >= 0.3 is 0 Å². The molecule has 1 atom stereocenters.